The summed E-state index contributed by atoms with van der Waals surface area (Å²) in [5.41, 5.74) is -9.93. The van der Waals surface area contributed by atoms with E-state index in [1.807, 2.05) is 0 Å². The van der Waals surface area contributed by atoms with Crippen molar-refractivity contribution in [1.29, 1.82) is 10.5 Å². The van der Waals surface area contributed by atoms with Crippen LogP contribution in [0.1, 0.15) is 18.1 Å². The van der Waals surface area contributed by atoms with Crippen LogP contribution in [0.2, 0.25) is 0 Å². The number of rotatable bonds is 4. The Morgan fingerprint density at radius 3 is 1.53 bits per heavy atom. The second kappa shape index (κ2) is 11.7. The van der Waals surface area contributed by atoms with Crippen LogP contribution in [0.4, 0.5) is 42.1 Å². The molecule has 0 atom stereocenters. The minimum absolute atomic E-state index is 0.00449. The number of fused-ring (bicyclic) bond motifs is 2. The summed E-state index contributed by atoms with van der Waals surface area (Å²) in [5.74, 6) is -7.63. The first-order valence-electron chi connectivity index (χ1n) is 13.3. The van der Waals surface area contributed by atoms with Crippen molar-refractivity contribution in [3.05, 3.63) is 135 Å². The summed E-state index contributed by atoms with van der Waals surface area (Å²) in [7, 11) is 0. The molecule has 0 unspecified atom stereocenters. The van der Waals surface area contributed by atoms with E-state index in [2.05, 4.69) is 9.69 Å². The first-order chi connectivity index (χ1) is 23.0. The quantitative estimate of drug-likeness (QED) is 0.0980. The van der Waals surface area contributed by atoms with Gasteiger partial charge >= 0.3 is 23.4 Å². The smallest absolute Gasteiger partial charge is 0.258 e. The Morgan fingerprint density at radius 2 is 1.16 bits per heavy atom. The van der Waals surface area contributed by atoms with E-state index in [0.29, 0.717) is 24.3 Å². The van der Waals surface area contributed by atoms with E-state index in [9.17, 15) is 30.8 Å². The number of hydrogen-bond donors (Lipinski definition) is 0. The molecule has 0 saturated heterocycles. The minimum Gasteiger partial charge on any atom is -0.258 e. The van der Waals surface area contributed by atoms with Crippen LogP contribution < -0.4 is 10.4 Å². The lowest BCUT2D eigenvalue weighted by atomic mass is 9.86. The molecular formula is C32H11F7N6O4. The monoisotopic (exact) mass is 676 g/mol. The summed E-state index contributed by atoms with van der Waals surface area (Å²) >= 11 is 0. The van der Waals surface area contributed by atoms with Crippen molar-refractivity contribution in [3.63, 3.8) is 0 Å². The van der Waals surface area contributed by atoms with Gasteiger partial charge in [0.2, 0.25) is 23.3 Å². The summed E-state index contributed by atoms with van der Waals surface area (Å²) in [6.07, 6.45) is -6.92. The van der Waals surface area contributed by atoms with E-state index in [1.54, 1.807) is 0 Å². The topological polar surface area (TPSA) is 143 Å². The molecule has 0 amide bonds. The number of nitro benzene ring substituents is 2. The third-order valence-corrected chi connectivity index (χ3v) is 8.06. The van der Waals surface area contributed by atoms with Gasteiger partial charge in [-0.3, -0.25) is 20.2 Å². The number of alkyl halides is 3. The number of hydrogen-bond acceptors (Lipinski definition) is 6. The highest BCUT2D eigenvalue weighted by Gasteiger charge is 2.45. The molecule has 0 N–H and O–H groups in total. The summed E-state index contributed by atoms with van der Waals surface area (Å²) in [5, 5.41) is 40.7. The molecule has 0 aliphatic heterocycles. The molecule has 242 valence electrons. The Balaban J connectivity index is 2.19. The van der Waals surface area contributed by atoms with E-state index < -0.39 is 119 Å². The summed E-state index contributed by atoms with van der Waals surface area (Å²) in [6, 6.07) is 4.41. The normalized spacial score (nSPS) is 13.2. The van der Waals surface area contributed by atoms with Crippen molar-refractivity contribution in [3.8, 4) is 34.4 Å². The van der Waals surface area contributed by atoms with Gasteiger partial charge in [-0.1, -0.05) is 0 Å². The zero-order valence-corrected chi connectivity index (χ0v) is 24.2. The van der Waals surface area contributed by atoms with Gasteiger partial charge in [-0.25, -0.2) is 0 Å². The number of halogens is 7. The van der Waals surface area contributed by atoms with Gasteiger partial charge in [0.1, 0.15) is 30.9 Å². The van der Waals surface area contributed by atoms with Crippen LogP contribution in [0.5, 0.6) is 0 Å². The summed E-state index contributed by atoms with van der Waals surface area (Å²) in [6.45, 7) is 16.2. The van der Waals surface area contributed by atoms with Crippen LogP contribution >= 0.6 is 0 Å². The standard InChI is InChI=1S/C32H11F7N6O4/c1-12-16(31(42-2)43-3)8-18-24(12)25(13-4-20(33)29(44(46)47)21(34)5-13)19-9-17(15(10-40)11-41)28(32(37,38)39)27(19)26(18)14-6-22(35)30(45(48)49)23(36)7-14/h4-7H,8-9H2,1H3. The second-order valence-corrected chi connectivity index (χ2v) is 10.5. The fourth-order valence-electron chi connectivity index (χ4n) is 6.27. The molecule has 5 rings (SSSR count). The maximum Gasteiger partial charge on any atom is 0.523 e. The lowest BCUT2D eigenvalue weighted by molar-refractivity contribution is -0.390. The first kappa shape index (κ1) is 33.5. The molecule has 3 aromatic rings. The van der Waals surface area contributed by atoms with Crippen molar-refractivity contribution in [2.75, 3.05) is 0 Å². The molecule has 10 nitrogen and oxygen atoms in total. The zero-order valence-electron chi connectivity index (χ0n) is 24.2. The van der Waals surface area contributed by atoms with Gasteiger partial charge in [-0.05, 0) is 92.6 Å². The van der Waals surface area contributed by atoms with Crippen molar-refractivity contribution < 1.29 is 40.6 Å². The molecule has 3 aromatic carbocycles. The van der Waals surface area contributed by atoms with Gasteiger partial charge in [0.25, 0.3) is 0 Å². The molecule has 0 saturated carbocycles. The maximum atomic E-state index is 15.1. The molecule has 2 aliphatic carbocycles. The van der Waals surface area contributed by atoms with E-state index in [0.717, 1.165) is 0 Å². The number of nitrogens with zero attached hydrogens (tertiary/aromatic N) is 6. The van der Waals surface area contributed by atoms with Gasteiger partial charge in [0, 0.05) is 6.42 Å². The predicted molar refractivity (Wildman–Crippen MR) is 154 cm³/mol. The van der Waals surface area contributed by atoms with E-state index >= 15 is 30.7 Å². The van der Waals surface area contributed by atoms with Crippen molar-refractivity contribution >= 4 is 22.5 Å². The van der Waals surface area contributed by atoms with Crippen LogP contribution in [0.15, 0.2) is 46.8 Å². The van der Waals surface area contributed by atoms with Gasteiger partial charge in [-0.15, -0.1) is 0 Å². The fourth-order valence-corrected chi connectivity index (χ4v) is 6.27. The van der Waals surface area contributed by atoms with Gasteiger partial charge in [0.05, 0.1) is 21.0 Å². The van der Waals surface area contributed by atoms with Crippen molar-refractivity contribution in [1.82, 2.24) is 0 Å². The molecule has 0 radical (unpaired) electrons. The van der Waals surface area contributed by atoms with E-state index in [1.165, 1.54) is 19.1 Å². The van der Waals surface area contributed by atoms with Gasteiger partial charge < -0.3 is 0 Å². The summed E-state index contributed by atoms with van der Waals surface area (Å²) in [4.78, 5) is 26.1. The third kappa shape index (κ3) is 5.11. The predicted octanol–water partition coefficient (Wildman–Crippen LogP) is 6.78. The molecule has 0 fully saturated rings. The Labute approximate surface area is 268 Å². The Morgan fingerprint density at radius 1 is 0.776 bits per heavy atom. The lowest BCUT2D eigenvalue weighted by Crippen LogP contribution is -2.27. The average Bonchev–Trinajstić information content (AvgIpc) is 3.54. The number of nitriles is 2. The number of nitro groups is 2. The highest BCUT2D eigenvalue weighted by Crippen LogP contribution is 2.45. The van der Waals surface area contributed by atoms with E-state index in [-0.39, 0.29) is 21.9 Å². The average molecular weight is 676 g/mol. The Kier molecular flexibility index (Phi) is 8.03. The largest absolute Gasteiger partial charge is 0.523 e. The highest BCUT2D eigenvalue weighted by atomic mass is 19.4. The minimum atomic E-state index is -5.42. The van der Waals surface area contributed by atoms with Crippen LogP contribution in [0, 0.1) is 79.3 Å². The van der Waals surface area contributed by atoms with Gasteiger partial charge in [0.15, 0.2) is 0 Å². The highest BCUT2D eigenvalue weighted by molar-refractivity contribution is 5.93. The van der Waals surface area contributed by atoms with Crippen LogP contribution in [-0.4, -0.2) is 16.0 Å². The molecule has 17 heteroatoms. The molecule has 0 heterocycles. The second-order valence-electron chi connectivity index (χ2n) is 10.5. The SMILES string of the molecule is [C-]#[N+]C([N+]#[C-])=C1Cc2c(-c3cc(F)c([N+](=O)[O-])c(F)c3)c3c(c(-c4cc(F)c([N+](=O)[O-])c(F)c4)c2=C1C)CC(=C(C#N)C#N)C=3C(F)(F)F. The van der Waals surface area contributed by atoms with Crippen molar-refractivity contribution in [2.24, 2.45) is 0 Å². The van der Waals surface area contributed by atoms with Crippen LogP contribution in [-0.2, 0) is 12.8 Å². The zero-order chi connectivity index (χ0) is 36.3. The maximum absolute atomic E-state index is 15.1. The Bertz CT molecular complexity index is 2410. The lowest BCUT2D eigenvalue weighted by Gasteiger charge is -2.18. The fraction of sp³-hybridized carbons (Fsp3) is 0.125. The number of benzene rings is 3. The van der Waals surface area contributed by atoms with Crippen molar-refractivity contribution in [2.45, 2.75) is 25.9 Å². The summed E-state index contributed by atoms with van der Waals surface area (Å²) < 4.78 is 106. The molecule has 2 aliphatic rings. The molecular weight excluding hydrogens is 665 g/mol. The molecule has 0 bridgehead atoms. The first-order valence-corrected chi connectivity index (χ1v) is 13.3. The van der Waals surface area contributed by atoms with Crippen LogP contribution in [0.3, 0.4) is 0 Å². The Hall–Kier alpha value is -6.85. The number of allylic oxidation sites excluding steroid dienone is 3. The van der Waals surface area contributed by atoms with Crippen LogP contribution in [0.25, 0.3) is 43.1 Å². The van der Waals surface area contributed by atoms with Gasteiger partial charge in [-0.2, -0.15) is 50.9 Å². The van der Waals surface area contributed by atoms with E-state index in [4.69, 9.17) is 13.1 Å². The molecule has 49 heavy (non-hydrogen) atoms. The molecule has 0 aromatic heterocycles. The molecule has 0 spiro atoms. The third-order valence-electron chi connectivity index (χ3n) is 8.06.